The molecule has 45 heavy (non-hydrogen) atoms. The maximum atomic E-state index is 13.3. The summed E-state index contributed by atoms with van der Waals surface area (Å²) in [5, 5.41) is 6.88. The third-order valence-electron chi connectivity index (χ3n) is 8.60. The molecule has 1 unspecified atom stereocenters. The Balaban J connectivity index is 1.23. The van der Waals surface area contributed by atoms with Crippen molar-refractivity contribution in [1.82, 2.24) is 15.2 Å². The highest BCUT2D eigenvalue weighted by Crippen LogP contribution is 2.44. The van der Waals surface area contributed by atoms with Gasteiger partial charge in [0.05, 0.1) is 4.88 Å². The van der Waals surface area contributed by atoms with Gasteiger partial charge in [-0.3, -0.25) is 14.6 Å². The predicted octanol–water partition coefficient (Wildman–Crippen LogP) is 6.31. The van der Waals surface area contributed by atoms with Crippen molar-refractivity contribution >= 4 is 40.5 Å². The molecule has 2 N–H and O–H groups in total. The van der Waals surface area contributed by atoms with Gasteiger partial charge >= 0.3 is 6.18 Å². The number of nitrogens with zero attached hydrogens (tertiary/aromatic N) is 4. The number of aromatic nitrogens is 1. The molecule has 3 aliphatic rings. The smallest absolute Gasteiger partial charge is 0.371 e. The highest BCUT2D eigenvalue weighted by Gasteiger charge is 2.39. The fraction of sp³-hybridized carbons (Fsp3) is 0.594. The van der Waals surface area contributed by atoms with Crippen LogP contribution in [-0.4, -0.2) is 72.3 Å². The van der Waals surface area contributed by atoms with Gasteiger partial charge in [0, 0.05) is 63.4 Å². The number of carbonyl (C=O) groups excluding carboxylic acids is 2. The van der Waals surface area contributed by atoms with Gasteiger partial charge in [-0.25, -0.2) is 9.98 Å². The Hall–Kier alpha value is -3.32. The number of rotatable bonds is 8. The summed E-state index contributed by atoms with van der Waals surface area (Å²) in [7, 11) is 0. The minimum absolute atomic E-state index is 0.0265. The number of amides is 2. The van der Waals surface area contributed by atoms with Gasteiger partial charge < -0.3 is 20.3 Å². The molecule has 2 fully saturated rings. The predicted molar refractivity (Wildman–Crippen MR) is 170 cm³/mol. The van der Waals surface area contributed by atoms with E-state index in [0.29, 0.717) is 38.2 Å². The zero-order chi connectivity index (χ0) is 32.2. The number of anilines is 1. The summed E-state index contributed by atoms with van der Waals surface area (Å²) in [6.07, 6.45) is 1.20. The molecule has 0 saturated carbocycles. The molecule has 13 heteroatoms. The first-order valence-electron chi connectivity index (χ1n) is 15.6. The number of aryl methyl sites for hydroxylation is 1. The molecular weight excluding hydrogens is 605 g/mol. The van der Waals surface area contributed by atoms with Gasteiger partial charge in [-0.15, -0.1) is 11.3 Å². The fourth-order valence-corrected chi connectivity index (χ4v) is 7.18. The normalized spacial score (nSPS) is 22.4. The van der Waals surface area contributed by atoms with Crippen LogP contribution < -0.4 is 10.6 Å². The maximum Gasteiger partial charge on any atom is 0.429 e. The van der Waals surface area contributed by atoms with E-state index in [1.807, 2.05) is 30.0 Å². The Morgan fingerprint density at radius 1 is 1.20 bits per heavy atom. The Bertz CT molecular complexity index is 1450. The van der Waals surface area contributed by atoms with E-state index in [-0.39, 0.29) is 48.2 Å². The van der Waals surface area contributed by atoms with E-state index in [1.54, 1.807) is 6.20 Å². The SMILES string of the molecule is Cc1cc(NC2=NCCC(C(F)(F)F)=N2)cc(-c2cnc([C@H]3CC(C)(C)C(C(=O)NCCCN4CCCC4=O)CCCO3)s2)c1. The second-order valence-corrected chi connectivity index (χ2v) is 13.7. The number of hydrogen-bond acceptors (Lipinski definition) is 8. The number of alkyl halides is 3. The summed E-state index contributed by atoms with van der Waals surface area (Å²) in [6.45, 7) is 8.71. The number of guanidine groups is 1. The molecular formula is C32H41F3N6O3S. The van der Waals surface area contributed by atoms with Gasteiger partial charge in [-0.1, -0.05) is 19.9 Å². The lowest BCUT2D eigenvalue weighted by Gasteiger charge is -2.38. The van der Waals surface area contributed by atoms with Crippen LogP contribution in [0, 0.1) is 18.3 Å². The van der Waals surface area contributed by atoms with Crippen LogP contribution in [0.15, 0.2) is 34.4 Å². The lowest BCUT2D eigenvalue weighted by molar-refractivity contribution is -0.131. The molecule has 5 rings (SSSR count). The van der Waals surface area contributed by atoms with Gasteiger partial charge in [-0.05, 0) is 67.7 Å². The van der Waals surface area contributed by atoms with Crippen LogP contribution in [0.4, 0.5) is 18.9 Å². The number of carbonyl (C=O) groups is 2. The first kappa shape index (κ1) is 33.1. The fourth-order valence-electron chi connectivity index (χ4n) is 6.23. The van der Waals surface area contributed by atoms with E-state index in [4.69, 9.17) is 9.72 Å². The number of thiazole rings is 1. The first-order chi connectivity index (χ1) is 21.4. The highest BCUT2D eigenvalue weighted by molar-refractivity contribution is 7.15. The maximum absolute atomic E-state index is 13.3. The van der Waals surface area contributed by atoms with Crippen LogP contribution in [0.1, 0.15) is 75.5 Å². The van der Waals surface area contributed by atoms with Crippen molar-refractivity contribution in [2.45, 2.75) is 78.0 Å². The average molecular weight is 647 g/mol. The molecule has 0 spiro atoms. The highest BCUT2D eigenvalue weighted by atomic mass is 32.1. The molecule has 244 valence electrons. The molecule has 1 aromatic carbocycles. The van der Waals surface area contributed by atoms with Gasteiger partial charge in [0.1, 0.15) is 16.8 Å². The number of ether oxygens (including phenoxy) is 1. The topological polar surface area (TPSA) is 108 Å². The van der Waals surface area contributed by atoms with Crippen molar-refractivity contribution in [3.63, 3.8) is 0 Å². The molecule has 4 heterocycles. The number of aliphatic imine (C=N–C) groups is 2. The monoisotopic (exact) mass is 646 g/mol. The van der Waals surface area contributed by atoms with E-state index < -0.39 is 11.9 Å². The van der Waals surface area contributed by atoms with E-state index in [2.05, 4.69) is 34.5 Å². The van der Waals surface area contributed by atoms with E-state index in [9.17, 15) is 22.8 Å². The molecule has 9 nitrogen and oxygen atoms in total. The summed E-state index contributed by atoms with van der Waals surface area (Å²) in [5.41, 5.74) is 1.21. The van der Waals surface area contributed by atoms with Gasteiger partial charge in [0.15, 0.2) is 0 Å². The first-order valence-corrected chi connectivity index (χ1v) is 16.4. The van der Waals surface area contributed by atoms with Crippen LogP contribution in [0.3, 0.4) is 0 Å². The number of nitrogens with one attached hydrogen (secondary N) is 2. The number of likely N-dealkylation sites (tertiary alicyclic amines) is 1. The number of hydrogen-bond donors (Lipinski definition) is 2. The van der Waals surface area contributed by atoms with Crippen LogP contribution in [0.25, 0.3) is 10.4 Å². The molecule has 2 saturated heterocycles. The van der Waals surface area contributed by atoms with Crippen molar-refractivity contribution in [2.24, 2.45) is 21.3 Å². The minimum Gasteiger partial charge on any atom is -0.371 e. The third-order valence-corrected chi connectivity index (χ3v) is 9.74. The van der Waals surface area contributed by atoms with Crippen molar-refractivity contribution in [3.8, 4) is 10.4 Å². The zero-order valence-corrected chi connectivity index (χ0v) is 26.8. The molecule has 2 atom stereocenters. The Morgan fingerprint density at radius 2 is 2.02 bits per heavy atom. The Morgan fingerprint density at radius 3 is 2.78 bits per heavy atom. The quantitative estimate of drug-likeness (QED) is 0.327. The number of halogens is 3. The van der Waals surface area contributed by atoms with Crippen LogP contribution in [-0.2, 0) is 14.3 Å². The average Bonchev–Trinajstić information content (AvgIpc) is 3.62. The lowest BCUT2D eigenvalue weighted by atomic mass is 9.71. The molecule has 0 bridgehead atoms. The summed E-state index contributed by atoms with van der Waals surface area (Å²) >= 11 is 1.51. The third kappa shape index (κ3) is 8.49. The Kier molecular flexibility index (Phi) is 10.3. The molecule has 0 aliphatic carbocycles. The summed E-state index contributed by atoms with van der Waals surface area (Å²) in [6, 6.07) is 5.69. The van der Waals surface area contributed by atoms with Crippen molar-refractivity contribution in [3.05, 3.63) is 35.0 Å². The largest absolute Gasteiger partial charge is 0.429 e. The summed E-state index contributed by atoms with van der Waals surface area (Å²) in [5.74, 6) is 0.0126. The molecule has 2 aromatic rings. The van der Waals surface area contributed by atoms with E-state index >= 15 is 0 Å². The molecule has 1 aromatic heterocycles. The standard InChI is InChI=1S/C32H41F3N6O3S/c1-20-15-21(17-22(16-20)39-30-37-11-9-26(40-30)32(33,34)35)25-19-38-29(45-25)24-18-31(2,3)23(7-5-14-44-24)28(43)36-10-6-13-41-12-4-8-27(41)42/h15-17,19,23-24H,4-14,18H2,1-3H3,(H,36,43)(H,37,39)/t23?,24-/m1/s1. The summed E-state index contributed by atoms with van der Waals surface area (Å²) < 4.78 is 45.8. The Labute approximate surface area is 265 Å². The van der Waals surface area contributed by atoms with Crippen molar-refractivity contribution in [1.29, 1.82) is 0 Å². The summed E-state index contributed by atoms with van der Waals surface area (Å²) in [4.78, 5) is 40.5. The molecule has 2 amide bonds. The second-order valence-electron chi connectivity index (χ2n) is 12.7. The van der Waals surface area contributed by atoms with E-state index in [1.165, 1.54) is 11.3 Å². The van der Waals surface area contributed by atoms with Crippen LogP contribution >= 0.6 is 11.3 Å². The van der Waals surface area contributed by atoms with Gasteiger partial charge in [-0.2, -0.15) is 13.2 Å². The molecule has 0 radical (unpaired) electrons. The van der Waals surface area contributed by atoms with Gasteiger partial charge in [0.25, 0.3) is 0 Å². The second kappa shape index (κ2) is 14.0. The van der Waals surface area contributed by atoms with Crippen LogP contribution in [0.5, 0.6) is 0 Å². The van der Waals surface area contributed by atoms with Crippen molar-refractivity contribution in [2.75, 3.05) is 38.1 Å². The molecule has 3 aliphatic heterocycles. The van der Waals surface area contributed by atoms with Crippen molar-refractivity contribution < 1.29 is 27.5 Å². The van der Waals surface area contributed by atoms with Crippen LogP contribution in [0.2, 0.25) is 0 Å². The zero-order valence-electron chi connectivity index (χ0n) is 26.0. The van der Waals surface area contributed by atoms with E-state index in [0.717, 1.165) is 53.2 Å². The number of benzene rings is 1. The lowest BCUT2D eigenvalue weighted by Crippen LogP contribution is -2.42. The van der Waals surface area contributed by atoms with Gasteiger partial charge in [0.2, 0.25) is 17.8 Å². The minimum atomic E-state index is -4.48.